The first-order chi connectivity index (χ1) is 11.8. The first kappa shape index (κ1) is 15.3. The van der Waals surface area contributed by atoms with Gasteiger partial charge >= 0.3 is 0 Å². The highest BCUT2D eigenvalue weighted by atomic mass is 16.5. The Morgan fingerprint density at radius 1 is 1.25 bits per heavy atom. The number of likely N-dealkylation sites (tertiary alicyclic amines) is 1. The zero-order chi connectivity index (χ0) is 16.4. The number of hydrogen-bond acceptors (Lipinski definition) is 4. The first-order valence-electron chi connectivity index (χ1n) is 8.70. The number of ether oxygens (including phenoxy) is 1. The van der Waals surface area contributed by atoms with Gasteiger partial charge in [-0.05, 0) is 44.0 Å². The highest BCUT2D eigenvalue weighted by Gasteiger charge is 2.24. The van der Waals surface area contributed by atoms with Crippen LogP contribution in [0.5, 0.6) is 5.75 Å². The molecule has 1 aromatic heterocycles. The Hall–Kier alpha value is -2.20. The lowest BCUT2D eigenvalue weighted by Crippen LogP contribution is -2.37. The lowest BCUT2D eigenvalue weighted by molar-refractivity contribution is 0.213. The molecule has 4 heteroatoms. The van der Waals surface area contributed by atoms with Crippen molar-refractivity contribution in [2.45, 2.75) is 25.7 Å². The van der Waals surface area contributed by atoms with Crippen molar-refractivity contribution < 1.29 is 4.74 Å². The van der Waals surface area contributed by atoms with Crippen LogP contribution in [0, 0.1) is 6.92 Å². The van der Waals surface area contributed by atoms with Gasteiger partial charge in [-0.15, -0.1) is 0 Å². The average Bonchev–Trinajstić information content (AvgIpc) is 2.62. The summed E-state index contributed by atoms with van der Waals surface area (Å²) in [6, 6.07) is 8.25. The van der Waals surface area contributed by atoms with Crippen LogP contribution in [0.2, 0.25) is 0 Å². The van der Waals surface area contributed by atoms with Crippen molar-refractivity contribution in [3.63, 3.8) is 0 Å². The van der Waals surface area contributed by atoms with Crippen LogP contribution in [0.3, 0.4) is 0 Å². The van der Waals surface area contributed by atoms with Crippen molar-refractivity contribution in [2.75, 3.05) is 26.2 Å². The normalized spacial score (nSPS) is 20.9. The summed E-state index contributed by atoms with van der Waals surface area (Å²) < 4.78 is 5.89. The lowest BCUT2D eigenvalue weighted by atomic mass is 9.94. The van der Waals surface area contributed by atoms with Crippen LogP contribution in [0.1, 0.15) is 35.7 Å². The molecular weight excluding hydrogens is 298 g/mol. The molecule has 0 radical (unpaired) electrons. The van der Waals surface area contributed by atoms with Crippen LogP contribution in [-0.2, 0) is 0 Å². The minimum absolute atomic E-state index is 0.489. The third-order valence-electron chi connectivity index (χ3n) is 4.82. The molecule has 0 N–H and O–H groups in total. The standard InChI is InChI=1S/C20H23N3O/c1-15-10-21-11-19(22-15)18-6-4-8-23(13-18)12-16-9-17-5-2-3-7-20(17)24-14-16/h2-3,5,7,9-11,18H,4,6,8,12-14H2,1H3. The Bertz CT molecular complexity index is 756. The molecule has 4 nitrogen and oxygen atoms in total. The molecule has 1 unspecified atom stereocenters. The Kier molecular flexibility index (Phi) is 4.30. The Morgan fingerprint density at radius 2 is 2.17 bits per heavy atom. The number of nitrogens with zero attached hydrogens (tertiary/aromatic N) is 3. The Balaban J connectivity index is 1.45. The quantitative estimate of drug-likeness (QED) is 0.868. The summed E-state index contributed by atoms with van der Waals surface area (Å²) in [4.78, 5) is 11.5. The van der Waals surface area contributed by atoms with E-state index in [2.05, 4.69) is 33.1 Å². The van der Waals surface area contributed by atoms with E-state index in [0.717, 1.165) is 36.8 Å². The van der Waals surface area contributed by atoms with E-state index < -0.39 is 0 Å². The number of hydrogen-bond donors (Lipinski definition) is 0. The predicted molar refractivity (Wildman–Crippen MR) is 95.1 cm³/mol. The summed E-state index contributed by atoms with van der Waals surface area (Å²) >= 11 is 0. The van der Waals surface area contributed by atoms with Crippen molar-refractivity contribution in [3.05, 3.63) is 59.2 Å². The fourth-order valence-corrected chi connectivity index (χ4v) is 3.66. The van der Waals surface area contributed by atoms with Gasteiger partial charge < -0.3 is 4.74 Å². The maximum Gasteiger partial charge on any atom is 0.127 e. The molecule has 0 spiro atoms. The van der Waals surface area contributed by atoms with Gasteiger partial charge in [0, 0.05) is 37.0 Å². The first-order valence-corrected chi connectivity index (χ1v) is 8.70. The van der Waals surface area contributed by atoms with E-state index in [9.17, 15) is 0 Å². The Morgan fingerprint density at radius 3 is 3.08 bits per heavy atom. The van der Waals surface area contributed by atoms with Crippen LogP contribution in [0.25, 0.3) is 6.08 Å². The largest absolute Gasteiger partial charge is 0.489 e. The van der Waals surface area contributed by atoms with Gasteiger partial charge in [0.05, 0.1) is 11.4 Å². The van der Waals surface area contributed by atoms with Crippen LogP contribution >= 0.6 is 0 Å². The number of piperidine rings is 1. The SMILES string of the molecule is Cc1cncc(C2CCCN(CC3=Cc4ccccc4OC3)C2)n1. The Labute approximate surface area is 143 Å². The minimum Gasteiger partial charge on any atom is -0.489 e. The van der Waals surface area contributed by atoms with Crippen molar-refractivity contribution >= 4 is 6.08 Å². The fourth-order valence-electron chi connectivity index (χ4n) is 3.66. The summed E-state index contributed by atoms with van der Waals surface area (Å²) in [5.74, 6) is 1.48. The van der Waals surface area contributed by atoms with E-state index in [1.54, 1.807) is 0 Å². The molecule has 2 aliphatic heterocycles. The van der Waals surface area contributed by atoms with Crippen LogP contribution in [0.4, 0.5) is 0 Å². The third kappa shape index (κ3) is 3.34. The van der Waals surface area contributed by atoms with E-state index in [0.29, 0.717) is 12.5 Å². The molecule has 1 atom stereocenters. The highest BCUT2D eigenvalue weighted by Crippen LogP contribution is 2.29. The number of fused-ring (bicyclic) bond motifs is 1. The molecule has 124 valence electrons. The van der Waals surface area contributed by atoms with Gasteiger partial charge in [0.1, 0.15) is 12.4 Å². The molecule has 0 bridgehead atoms. The van der Waals surface area contributed by atoms with Crippen molar-refractivity contribution in [3.8, 4) is 5.75 Å². The number of aromatic nitrogens is 2. The second kappa shape index (κ2) is 6.73. The van der Waals surface area contributed by atoms with Crippen molar-refractivity contribution in [2.24, 2.45) is 0 Å². The van der Waals surface area contributed by atoms with Crippen molar-refractivity contribution in [1.82, 2.24) is 14.9 Å². The number of aryl methyl sites for hydroxylation is 1. The maximum atomic E-state index is 5.89. The van der Waals surface area contributed by atoms with Gasteiger partial charge in [-0.2, -0.15) is 0 Å². The van der Waals surface area contributed by atoms with E-state index in [-0.39, 0.29) is 0 Å². The topological polar surface area (TPSA) is 38.2 Å². The third-order valence-corrected chi connectivity index (χ3v) is 4.82. The van der Waals surface area contributed by atoms with E-state index in [1.165, 1.54) is 24.0 Å². The van der Waals surface area contributed by atoms with E-state index in [4.69, 9.17) is 4.74 Å². The molecular formula is C20H23N3O. The summed E-state index contributed by atoms with van der Waals surface area (Å²) in [5, 5.41) is 0. The molecule has 3 heterocycles. The summed E-state index contributed by atoms with van der Waals surface area (Å²) in [5.41, 5.74) is 4.69. The number of para-hydroxylation sites is 1. The second-order valence-electron chi connectivity index (χ2n) is 6.79. The monoisotopic (exact) mass is 321 g/mol. The summed E-state index contributed by atoms with van der Waals surface area (Å²) in [6.45, 7) is 5.89. The zero-order valence-corrected chi connectivity index (χ0v) is 14.1. The van der Waals surface area contributed by atoms with Crippen LogP contribution in [0.15, 0.2) is 42.2 Å². The average molecular weight is 321 g/mol. The molecule has 0 amide bonds. The maximum absolute atomic E-state index is 5.89. The number of rotatable bonds is 3. The smallest absolute Gasteiger partial charge is 0.127 e. The van der Waals surface area contributed by atoms with Gasteiger partial charge in [-0.1, -0.05) is 18.2 Å². The van der Waals surface area contributed by atoms with Crippen LogP contribution in [-0.4, -0.2) is 41.1 Å². The molecule has 0 saturated carbocycles. The highest BCUT2D eigenvalue weighted by molar-refractivity contribution is 5.62. The molecule has 4 rings (SSSR count). The minimum atomic E-state index is 0.489. The predicted octanol–water partition coefficient (Wildman–Crippen LogP) is 3.44. The van der Waals surface area contributed by atoms with Gasteiger partial charge in [-0.25, -0.2) is 0 Å². The van der Waals surface area contributed by atoms with E-state index >= 15 is 0 Å². The van der Waals surface area contributed by atoms with Crippen LogP contribution < -0.4 is 4.74 Å². The second-order valence-corrected chi connectivity index (χ2v) is 6.79. The van der Waals surface area contributed by atoms with Gasteiger partial charge in [-0.3, -0.25) is 14.9 Å². The van der Waals surface area contributed by atoms with Gasteiger partial charge in [0.15, 0.2) is 0 Å². The molecule has 2 aliphatic rings. The number of benzene rings is 1. The molecule has 2 aromatic rings. The zero-order valence-electron chi connectivity index (χ0n) is 14.1. The summed E-state index contributed by atoms with van der Waals surface area (Å²) in [7, 11) is 0. The van der Waals surface area contributed by atoms with Gasteiger partial charge in [0.2, 0.25) is 0 Å². The lowest BCUT2D eigenvalue weighted by Gasteiger charge is -2.33. The van der Waals surface area contributed by atoms with E-state index in [1.807, 2.05) is 31.5 Å². The molecule has 24 heavy (non-hydrogen) atoms. The molecule has 1 aromatic carbocycles. The molecule has 0 aliphatic carbocycles. The molecule has 1 saturated heterocycles. The molecule has 1 fully saturated rings. The van der Waals surface area contributed by atoms with Crippen molar-refractivity contribution in [1.29, 1.82) is 0 Å². The summed E-state index contributed by atoms with van der Waals surface area (Å²) in [6.07, 6.45) is 8.46. The fraction of sp³-hybridized carbons (Fsp3) is 0.400. The van der Waals surface area contributed by atoms with Gasteiger partial charge in [0.25, 0.3) is 0 Å².